The number of hydrogen-bond donors (Lipinski definition) is 3. The third-order valence-electron chi connectivity index (χ3n) is 4.40. The highest BCUT2D eigenvalue weighted by atomic mass is 16.5. The van der Waals surface area contributed by atoms with Crippen LogP contribution >= 0.6 is 0 Å². The van der Waals surface area contributed by atoms with Crippen molar-refractivity contribution >= 4 is 17.7 Å². The first-order valence-corrected chi connectivity index (χ1v) is 8.42. The highest BCUT2D eigenvalue weighted by Gasteiger charge is 2.23. The quantitative estimate of drug-likeness (QED) is 0.644. The molecule has 1 aliphatic rings. The van der Waals surface area contributed by atoms with E-state index in [1.807, 2.05) is 11.0 Å². The number of nitrogens with zero attached hydrogens (tertiary/aromatic N) is 4. The number of nitrogens with two attached hydrogens (primary N) is 1. The number of fused-ring (bicyclic) bond motifs is 1. The van der Waals surface area contributed by atoms with Crippen molar-refractivity contribution in [1.29, 1.82) is 0 Å². The second-order valence-electron chi connectivity index (χ2n) is 6.08. The predicted molar refractivity (Wildman–Crippen MR) is 94.4 cm³/mol. The van der Waals surface area contributed by atoms with E-state index >= 15 is 0 Å². The third kappa shape index (κ3) is 3.23. The van der Waals surface area contributed by atoms with Crippen molar-refractivity contribution in [1.82, 2.24) is 25.0 Å². The summed E-state index contributed by atoms with van der Waals surface area (Å²) in [5, 5.41) is 7.13. The highest BCUT2D eigenvalue weighted by molar-refractivity contribution is 5.92. The SMILES string of the molecule is Nc1nc2c(c(NCc3ccon3)n1)CCN(C(=O)c1ccc[nH]1)CC2. The lowest BCUT2D eigenvalue weighted by Crippen LogP contribution is -2.33. The summed E-state index contributed by atoms with van der Waals surface area (Å²) in [4.78, 5) is 26.1. The van der Waals surface area contributed by atoms with E-state index in [2.05, 4.69) is 25.4 Å². The molecule has 9 heteroatoms. The van der Waals surface area contributed by atoms with Gasteiger partial charge in [0.25, 0.3) is 5.91 Å². The Labute approximate surface area is 149 Å². The van der Waals surface area contributed by atoms with E-state index in [-0.39, 0.29) is 11.9 Å². The maximum Gasteiger partial charge on any atom is 0.270 e. The first kappa shape index (κ1) is 16.1. The molecule has 0 spiro atoms. The van der Waals surface area contributed by atoms with Crippen molar-refractivity contribution in [2.24, 2.45) is 0 Å². The van der Waals surface area contributed by atoms with Crippen LogP contribution in [0.25, 0.3) is 0 Å². The fraction of sp³-hybridized carbons (Fsp3) is 0.294. The lowest BCUT2D eigenvalue weighted by Gasteiger charge is -2.19. The molecule has 0 atom stereocenters. The molecule has 26 heavy (non-hydrogen) atoms. The average Bonchev–Trinajstić information content (AvgIpc) is 3.30. The maximum absolute atomic E-state index is 12.6. The molecule has 1 aliphatic heterocycles. The molecule has 9 nitrogen and oxygen atoms in total. The molecule has 0 aromatic carbocycles. The molecule has 0 saturated heterocycles. The first-order chi connectivity index (χ1) is 12.7. The van der Waals surface area contributed by atoms with Crippen LogP contribution in [0.4, 0.5) is 11.8 Å². The van der Waals surface area contributed by atoms with E-state index in [4.69, 9.17) is 10.3 Å². The van der Waals surface area contributed by atoms with Gasteiger partial charge in [-0.3, -0.25) is 4.79 Å². The topological polar surface area (TPSA) is 126 Å². The lowest BCUT2D eigenvalue weighted by atomic mass is 10.1. The molecular weight excluding hydrogens is 334 g/mol. The van der Waals surface area contributed by atoms with Gasteiger partial charge in [0.2, 0.25) is 5.95 Å². The first-order valence-electron chi connectivity index (χ1n) is 8.42. The van der Waals surface area contributed by atoms with Gasteiger partial charge in [-0.1, -0.05) is 5.16 Å². The summed E-state index contributed by atoms with van der Waals surface area (Å²) in [7, 11) is 0. The molecule has 4 N–H and O–H groups in total. The molecule has 0 unspecified atom stereocenters. The van der Waals surface area contributed by atoms with Crippen molar-refractivity contribution in [2.45, 2.75) is 19.4 Å². The number of rotatable bonds is 4. The summed E-state index contributed by atoms with van der Waals surface area (Å²) < 4.78 is 4.84. The van der Waals surface area contributed by atoms with E-state index in [0.717, 1.165) is 17.0 Å². The van der Waals surface area contributed by atoms with Crippen molar-refractivity contribution in [3.05, 3.63) is 53.3 Å². The molecular formula is C17H19N7O2. The Morgan fingerprint density at radius 2 is 2.19 bits per heavy atom. The number of carbonyl (C=O) groups is 1. The van der Waals surface area contributed by atoms with Crippen molar-refractivity contribution in [2.75, 3.05) is 24.1 Å². The van der Waals surface area contributed by atoms with Crippen LogP contribution in [-0.2, 0) is 19.4 Å². The highest BCUT2D eigenvalue weighted by Crippen LogP contribution is 2.23. The van der Waals surface area contributed by atoms with Gasteiger partial charge in [0.15, 0.2) is 0 Å². The van der Waals surface area contributed by atoms with E-state index < -0.39 is 0 Å². The summed E-state index contributed by atoms with van der Waals surface area (Å²) in [6.45, 7) is 1.66. The van der Waals surface area contributed by atoms with Crippen LogP contribution in [0.3, 0.4) is 0 Å². The minimum absolute atomic E-state index is 0.0131. The Morgan fingerprint density at radius 1 is 1.31 bits per heavy atom. The summed E-state index contributed by atoms with van der Waals surface area (Å²) in [6, 6.07) is 5.38. The normalized spacial score (nSPS) is 13.9. The van der Waals surface area contributed by atoms with E-state index in [1.54, 1.807) is 18.3 Å². The van der Waals surface area contributed by atoms with Crippen LogP contribution in [0.5, 0.6) is 0 Å². The standard InChI is InChI=1S/C17H19N7O2/c18-17-21-13-4-8-24(16(25)14-2-1-6-19-14)7-3-12(13)15(22-17)20-10-11-5-9-26-23-11/h1-2,5-6,9,19H,3-4,7-8,10H2,(H3,18,20,21,22). The smallest absolute Gasteiger partial charge is 0.270 e. The molecule has 3 aromatic rings. The fourth-order valence-electron chi connectivity index (χ4n) is 3.10. The van der Waals surface area contributed by atoms with Gasteiger partial charge in [0.1, 0.15) is 23.5 Å². The number of anilines is 2. The summed E-state index contributed by atoms with van der Waals surface area (Å²) in [6.07, 6.45) is 4.56. The number of hydrogen-bond acceptors (Lipinski definition) is 7. The molecule has 0 bridgehead atoms. The molecule has 0 aliphatic carbocycles. The van der Waals surface area contributed by atoms with Crippen LogP contribution in [0.2, 0.25) is 0 Å². The molecule has 0 radical (unpaired) electrons. The van der Waals surface area contributed by atoms with Gasteiger partial charge in [-0.05, 0) is 18.6 Å². The van der Waals surface area contributed by atoms with Crippen molar-refractivity contribution in [3.8, 4) is 0 Å². The molecule has 1 amide bonds. The third-order valence-corrected chi connectivity index (χ3v) is 4.40. The van der Waals surface area contributed by atoms with Crippen LogP contribution in [0.15, 0.2) is 35.2 Å². The number of H-pyrrole nitrogens is 1. The largest absolute Gasteiger partial charge is 0.368 e. The van der Waals surface area contributed by atoms with Gasteiger partial charge in [-0.25, -0.2) is 4.98 Å². The average molecular weight is 353 g/mol. The Bertz CT molecular complexity index is 890. The van der Waals surface area contributed by atoms with Gasteiger partial charge < -0.3 is 25.5 Å². The zero-order valence-corrected chi connectivity index (χ0v) is 14.1. The number of amides is 1. The number of nitrogens with one attached hydrogen (secondary N) is 2. The van der Waals surface area contributed by atoms with E-state index in [0.29, 0.717) is 44.0 Å². The number of aromatic amines is 1. The summed E-state index contributed by atoms with van der Waals surface area (Å²) >= 11 is 0. The second kappa shape index (κ2) is 6.87. The molecule has 3 aromatic heterocycles. The van der Waals surface area contributed by atoms with Crippen molar-refractivity contribution in [3.63, 3.8) is 0 Å². The van der Waals surface area contributed by atoms with Gasteiger partial charge >= 0.3 is 0 Å². The zero-order valence-electron chi connectivity index (χ0n) is 14.1. The summed E-state index contributed by atoms with van der Waals surface area (Å²) in [5.74, 6) is 0.890. The number of carbonyl (C=O) groups excluding carboxylic acids is 1. The molecule has 4 rings (SSSR count). The Morgan fingerprint density at radius 3 is 2.96 bits per heavy atom. The lowest BCUT2D eigenvalue weighted by molar-refractivity contribution is 0.0758. The Kier molecular flexibility index (Phi) is 4.26. The maximum atomic E-state index is 12.6. The zero-order chi connectivity index (χ0) is 17.9. The Balaban J connectivity index is 1.53. The van der Waals surface area contributed by atoms with Crippen LogP contribution < -0.4 is 11.1 Å². The minimum atomic E-state index is -0.0131. The monoisotopic (exact) mass is 353 g/mol. The Hall–Kier alpha value is -3.36. The summed E-state index contributed by atoms with van der Waals surface area (Å²) in [5.41, 5.74) is 9.10. The van der Waals surface area contributed by atoms with Gasteiger partial charge in [-0.15, -0.1) is 0 Å². The van der Waals surface area contributed by atoms with Crippen molar-refractivity contribution < 1.29 is 9.32 Å². The van der Waals surface area contributed by atoms with Gasteiger partial charge in [0, 0.05) is 37.3 Å². The van der Waals surface area contributed by atoms with Crippen LogP contribution in [0.1, 0.15) is 27.4 Å². The van der Waals surface area contributed by atoms with Crippen LogP contribution in [-0.4, -0.2) is 44.0 Å². The van der Waals surface area contributed by atoms with Gasteiger partial charge in [-0.2, -0.15) is 4.98 Å². The van der Waals surface area contributed by atoms with E-state index in [1.165, 1.54) is 6.26 Å². The predicted octanol–water partition coefficient (Wildman–Crippen LogP) is 1.23. The molecule has 134 valence electrons. The molecule has 0 saturated carbocycles. The van der Waals surface area contributed by atoms with Crippen LogP contribution in [0, 0.1) is 0 Å². The fourth-order valence-corrected chi connectivity index (χ4v) is 3.10. The number of nitrogen functional groups attached to an aromatic ring is 1. The molecule has 0 fully saturated rings. The number of aromatic nitrogens is 4. The van der Waals surface area contributed by atoms with Gasteiger partial charge in [0.05, 0.1) is 12.2 Å². The minimum Gasteiger partial charge on any atom is -0.368 e. The second-order valence-corrected chi connectivity index (χ2v) is 6.08. The molecule has 4 heterocycles. The van der Waals surface area contributed by atoms with E-state index in [9.17, 15) is 4.79 Å².